The molecule has 7 heteroatoms. The summed E-state index contributed by atoms with van der Waals surface area (Å²) in [7, 11) is 1.63. The average Bonchev–Trinajstić information content (AvgIpc) is 3.25. The molecule has 24 heavy (non-hydrogen) atoms. The molecule has 1 aromatic rings. The first-order valence-corrected chi connectivity index (χ1v) is 8.63. The molecule has 1 saturated carbocycles. The maximum Gasteiger partial charge on any atom is 0.269 e. The molecule has 0 bridgehead atoms. The molecule has 134 valence electrons. The van der Waals surface area contributed by atoms with E-state index in [2.05, 4.69) is 10.4 Å². The Balaban J connectivity index is 1.84. The van der Waals surface area contributed by atoms with Crippen molar-refractivity contribution in [1.82, 2.24) is 15.1 Å². The van der Waals surface area contributed by atoms with Crippen molar-refractivity contribution in [2.75, 3.05) is 26.9 Å². The number of carbonyl (C=O) groups is 1. The zero-order valence-corrected chi connectivity index (χ0v) is 14.7. The summed E-state index contributed by atoms with van der Waals surface area (Å²) < 4.78 is 12.7. The second-order valence-corrected chi connectivity index (χ2v) is 7.06. The van der Waals surface area contributed by atoms with Crippen molar-refractivity contribution >= 4 is 5.91 Å². The van der Waals surface area contributed by atoms with E-state index in [9.17, 15) is 9.90 Å². The van der Waals surface area contributed by atoms with Crippen molar-refractivity contribution in [1.29, 1.82) is 0 Å². The third kappa shape index (κ3) is 3.34. The summed E-state index contributed by atoms with van der Waals surface area (Å²) in [6, 6.07) is 0. The molecule has 1 aromatic heterocycles. The fourth-order valence-electron chi connectivity index (χ4n) is 3.31. The maximum atomic E-state index is 12.8. The van der Waals surface area contributed by atoms with Crippen LogP contribution in [0.1, 0.15) is 54.5 Å². The minimum Gasteiger partial charge on any atom is -0.396 e. The van der Waals surface area contributed by atoms with Crippen molar-refractivity contribution in [2.45, 2.75) is 51.9 Å². The van der Waals surface area contributed by atoms with Crippen LogP contribution in [0, 0.1) is 5.41 Å². The number of carbonyl (C=O) groups excluding carboxylic acids is 1. The van der Waals surface area contributed by atoms with E-state index in [1.54, 1.807) is 11.8 Å². The summed E-state index contributed by atoms with van der Waals surface area (Å²) in [6.45, 7) is 5.63. The molecule has 2 atom stereocenters. The van der Waals surface area contributed by atoms with Gasteiger partial charge in [0.25, 0.3) is 5.91 Å². The highest BCUT2D eigenvalue weighted by molar-refractivity contribution is 5.94. The van der Waals surface area contributed by atoms with Crippen molar-refractivity contribution in [3.63, 3.8) is 0 Å². The van der Waals surface area contributed by atoms with Crippen LogP contribution in [0.2, 0.25) is 0 Å². The molecule has 1 fully saturated rings. The van der Waals surface area contributed by atoms with Gasteiger partial charge in [0.15, 0.2) is 0 Å². The van der Waals surface area contributed by atoms with E-state index in [1.165, 1.54) is 0 Å². The Kier molecular flexibility index (Phi) is 4.94. The predicted octanol–water partition coefficient (Wildman–Crippen LogP) is 1.05. The quantitative estimate of drug-likeness (QED) is 0.777. The van der Waals surface area contributed by atoms with Gasteiger partial charge in [-0.3, -0.25) is 9.48 Å². The van der Waals surface area contributed by atoms with Crippen LogP contribution >= 0.6 is 0 Å². The molecular formula is C17H27N3O4. The van der Waals surface area contributed by atoms with Gasteiger partial charge in [-0.1, -0.05) is 0 Å². The summed E-state index contributed by atoms with van der Waals surface area (Å²) in [5, 5.41) is 17.0. The molecule has 1 amide bonds. The number of hydrogen-bond donors (Lipinski definition) is 2. The van der Waals surface area contributed by atoms with Gasteiger partial charge in [0.1, 0.15) is 5.69 Å². The number of nitrogens with zero attached hydrogens (tertiary/aromatic N) is 2. The maximum absolute atomic E-state index is 12.8. The Labute approximate surface area is 142 Å². The topological polar surface area (TPSA) is 85.6 Å². The van der Waals surface area contributed by atoms with E-state index in [1.807, 2.05) is 13.8 Å². The molecule has 1 aliphatic carbocycles. The fourth-order valence-corrected chi connectivity index (χ4v) is 3.31. The largest absolute Gasteiger partial charge is 0.396 e. The van der Waals surface area contributed by atoms with Crippen molar-refractivity contribution < 1.29 is 19.4 Å². The van der Waals surface area contributed by atoms with Crippen LogP contribution in [0.3, 0.4) is 0 Å². The lowest BCUT2D eigenvalue weighted by Crippen LogP contribution is -2.34. The highest BCUT2D eigenvalue weighted by Gasteiger charge is 2.42. The average molecular weight is 337 g/mol. The summed E-state index contributed by atoms with van der Waals surface area (Å²) in [4.78, 5) is 12.8. The summed E-state index contributed by atoms with van der Waals surface area (Å²) in [6.07, 6.45) is 2.55. The van der Waals surface area contributed by atoms with E-state index >= 15 is 0 Å². The van der Waals surface area contributed by atoms with E-state index in [4.69, 9.17) is 9.47 Å². The summed E-state index contributed by atoms with van der Waals surface area (Å²) in [5.74, 6) is -0.124. The Morgan fingerprint density at radius 1 is 1.50 bits per heavy atom. The minimum atomic E-state index is -0.124. The second kappa shape index (κ2) is 6.82. The van der Waals surface area contributed by atoms with E-state index in [0.717, 1.165) is 24.1 Å². The first-order valence-electron chi connectivity index (χ1n) is 8.63. The van der Waals surface area contributed by atoms with Gasteiger partial charge in [0.2, 0.25) is 0 Å². The number of nitrogens with one attached hydrogen (secondary N) is 1. The molecule has 0 spiro atoms. The van der Waals surface area contributed by atoms with Crippen LogP contribution < -0.4 is 5.32 Å². The molecule has 3 rings (SSSR count). The summed E-state index contributed by atoms with van der Waals surface area (Å²) >= 11 is 0. The second-order valence-electron chi connectivity index (χ2n) is 7.06. The van der Waals surface area contributed by atoms with Gasteiger partial charge in [-0.05, 0) is 26.7 Å². The van der Waals surface area contributed by atoms with Crippen molar-refractivity contribution in [3.05, 3.63) is 17.0 Å². The molecule has 2 N–H and O–H groups in total. The monoisotopic (exact) mass is 337 g/mol. The van der Waals surface area contributed by atoms with Crippen molar-refractivity contribution in [3.8, 4) is 0 Å². The van der Waals surface area contributed by atoms with Crippen LogP contribution in [0.15, 0.2) is 0 Å². The number of rotatable bonds is 7. The Bertz CT molecular complexity index is 609. The molecule has 2 heterocycles. The zero-order valence-electron chi connectivity index (χ0n) is 14.7. The summed E-state index contributed by atoms with van der Waals surface area (Å²) in [5.41, 5.74) is 2.32. The molecule has 0 radical (unpaired) electrons. The fraction of sp³-hybridized carbons (Fsp3) is 0.765. The highest BCUT2D eigenvalue weighted by atomic mass is 16.5. The van der Waals surface area contributed by atoms with Gasteiger partial charge in [0.05, 0.1) is 37.7 Å². The van der Waals surface area contributed by atoms with Crippen LogP contribution in [-0.4, -0.2) is 53.8 Å². The van der Waals surface area contributed by atoms with Gasteiger partial charge in [-0.25, -0.2) is 0 Å². The molecule has 2 aliphatic rings. The van der Waals surface area contributed by atoms with Gasteiger partial charge >= 0.3 is 0 Å². The van der Waals surface area contributed by atoms with Gasteiger partial charge in [-0.15, -0.1) is 0 Å². The van der Waals surface area contributed by atoms with E-state index < -0.39 is 0 Å². The van der Waals surface area contributed by atoms with Gasteiger partial charge in [0, 0.05) is 31.1 Å². The SMILES string of the molecule is COCCn1nc2c(c1C(=O)NCC1(CO)CC1)C[C@H](C)O[C@@H]2C. The van der Waals surface area contributed by atoms with Gasteiger partial charge in [-0.2, -0.15) is 5.10 Å². The van der Waals surface area contributed by atoms with Crippen LogP contribution in [0.5, 0.6) is 0 Å². The predicted molar refractivity (Wildman–Crippen MR) is 87.9 cm³/mol. The van der Waals surface area contributed by atoms with Gasteiger partial charge < -0.3 is 19.9 Å². The smallest absolute Gasteiger partial charge is 0.269 e. The first kappa shape index (κ1) is 17.4. The van der Waals surface area contributed by atoms with E-state index in [-0.39, 0.29) is 30.1 Å². The molecular weight excluding hydrogens is 310 g/mol. The third-order valence-electron chi connectivity index (χ3n) is 5.03. The lowest BCUT2D eigenvalue weighted by Gasteiger charge is -2.24. The number of amides is 1. The molecule has 1 aliphatic heterocycles. The Hall–Kier alpha value is -1.44. The number of fused-ring (bicyclic) bond motifs is 1. The minimum absolute atomic E-state index is 0.0614. The number of hydrogen-bond acceptors (Lipinski definition) is 5. The normalized spacial score (nSPS) is 24.5. The van der Waals surface area contributed by atoms with Crippen molar-refractivity contribution in [2.24, 2.45) is 5.41 Å². The molecule has 7 nitrogen and oxygen atoms in total. The number of aliphatic hydroxyl groups is 1. The standard InChI is InChI=1S/C17H27N3O4/c1-11-8-13-14(12(2)24-11)19-20(6-7-23-3)15(13)16(22)18-9-17(10-21)4-5-17/h11-12,21H,4-10H2,1-3H3,(H,18,22)/t11-,12+/m0/s1. The molecule has 0 saturated heterocycles. The lowest BCUT2D eigenvalue weighted by atomic mass is 9.99. The Morgan fingerprint density at radius 2 is 2.25 bits per heavy atom. The van der Waals surface area contributed by atoms with Crippen LogP contribution in [0.25, 0.3) is 0 Å². The molecule has 0 aromatic carbocycles. The van der Waals surface area contributed by atoms with Crippen LogP contribution in [-0.2, 0) is 22.4 Å². The Morgan fingerprint density at radius 3 is 2.88 bits per heavy atom. The number of aliphatic hydroxyl groups excluding tert-OH is 1. The van der Waals surface area contributed by atoms with Crippen LogP contribution in [0.4, 0.5) is 0 Å². The number of ether oxygens (including phenoxy) is 2. The number of methoxy groups -OCH3 is 1. The zero-order chi connectivity index (χ0) is 17.3. The highest BCUT2D eigenvalue weighted by Crippen LogP contribution is 2.44. The third-order valence-corrected chi connectivity index (χ3v) is 5.03. The number of aromatic nitrogens is 2. The van der Waals surface area contributed by atoms with E-state index in [0.29, 0.717) is 31.8 Å². The molecule has 0 unspecified atom stereocenters. The lowest BCUT2D eigenvalue weighted by molar-refractivity contribution is -0.00716. The first-order chi connectivity index (χ1) is 11.5.